The molecule has 0 unspecified atom stereocenters. The summed E-state index contributed by atoms with van der Waals surface area (Å²) in [7, 11) is 0. The Morgan fingerprint density at radius 1 is 1.48 bits per heavy atom. The van der Waals surface area contributed by atoms with Crippen LogP contribution in [0.25, 0.3) is 6.08 Å². The van der Waals surface area contributed by atoms with Gasteiger partial charge in [0.15, 0.2) is 0 Å². The quantitative estimate of drug-likeness (QED) is 0.925. The predicted octanol–water partition coefficient (Wildman–Crippen LogP) is 2.41. The van der Waals surface area contributed by atoms with Gasteiger partial charge >= 0.3 is 6.09 Å². The first-order chi connectivity index (χ1) is 9.92. The van der Waals surface area contributed by atoms with Gasteiger partial charge in [-0.1, -0.05) is 12.7 Å². The number of anilines is 1. The molecular weight excluding hydrogens is 268 g/mol. The number of hydrogen-bond acceptors (Lipinski definition) is 3. The Bertz CT molecular complexity index is 572. The molecule has 1 aliphatic rings. The Morgan fingerprint density at radius 2 is 2.10 bits per heavy atom. The Labute approximate surface area is 124 Å². The first kappa shape index (κ1) is 15.1. The first-order valence-corrected chi connectivity index (χ1v) is 6.88. The number of nitrogens with zero attached hydrogens (tertiary/aromatic N) is 1. The summed E-state index contributed by atoms with van der Waals surface area (Å²) in [6, 6.07) is 3.90. The molecule has 0 aliphatic carbocycles. The van der Waals surface area contributed by atoms with Gasteiger partial charge in [-0.05, 0) is 42.7 Å². The van der Waals surface area contributed by atoms with Crippen molar-refractivity contribution in [3.05, 3.63) is 35.4 Å². The fourth-order valence-corrected chi connectivity index (χ4v) is 2.53. The van der Waals surface area contributed by atoms with E-state index in [2.05, 4.69) is 11.9 Å². The van der Waals surface area contributed by atoms with Gasteiger partial charge in [0.2, 0.25) is 5.91 Å². The van der Waals surface area contributed by atoms with Crippen LogP contribution in [0.5, 0.6) is 0 Å². The maximum absolute atomic E-state index is 12.0. The maximum atomic E-state index is 12.0. The van der Waals surface area contributed by atoms with Crippen molar-refractivity contribution < 1.29 is 14.3 Å². The third-order valence-electron chi connectivity index (χ3n) is 3.55. The van der Waals surface area contributed by atoms with Gasteiger partial charge in [0.05, 0.1) is 13.1 Å². The van der Waals surface area contributed by atoms with Crippen LogP contribution in [-0.4, -0.2) is 31.2 Å². The highest BCUT2D eigenvalue weighted by molar-refractivity contribution is 5.90. The van der Waals surface area contributed by atoms with Crippen molar-refractivity contribution in [1.29, 1.82) is 0 Å². The van der Waals surface area contributed by atoms with Crippen molar-refractivity contribution in [3.8, 4) is 0 Å². The van der Waals surface area contributed by atoms with E-state index in [0.29, 0.717) is 13.1 Å². The molecule has 0 spiro atoms. The number of nitrogens with one attached hydrogen (secondary N) is 1. The standard InChI is InChI=1S/C16H20N2O3/c1-5-15-10(2)6-13(7-11(15)3)18-9-14(21-16(18)20)8-17-12(4)19/h5-7,14H,1,8-9H2,2-4H3,(H,17,19)/t14-/m0/s1. The summed E-state index contributed by atoms with van der Waals surface area (Å²) < 4.78 is 5.27. The van der Waals surface area contributed by atoms with Crippen molar-refractivity contribution in [1.82, 2.24) is 5.32 Å². The van der Waals surface area contributed by atoms with Crippen molar-refractivity contribution in [2.24, 2.45) is 0 Å². The molecule has 5 heteroatoms. The van der Waals surface area contributed by atoms with E-state index in [4.69, 9.17) is 4.74 Å². The van der Waals surface area contributed by atoms with Crippen molar-refractivity contribution in [2.45, 2.75) is 26.9 Å². The summed E-state index contributed by atoms with van der Waals surface area (Å²) in [5, 5.41) is 2.66. The van der Waals surface area contributed by atoms with Crippen LogP contribution in [0.4, 0.5) is 10.5 Å². The summed E-state index contributed by atoms with van der Waals surface area (Å²) in [6.07, 6.45) is 1.12. The van der Waals surface area contributed by atoms with Crippen LogP contribution in [0, 0.1) is 13.8 Å². The summed E-state index contributed by atoms with van der Waals surface area (Å²) in [5.74, 6) is -0.133. The molecular formula is C16H20N2O3. The van der Waals surface area contributed by atoms with Crippen molar-refractivity contribution in [2.75, 3.05) is 18.0 Å². The molecule has 5 nitrogen and oxygen atoms in total. The summed E-state index contributed by atoms with van der Waals surface area (Å²) in [5.41, 5.74) is 4.03. The Morgan fingerprint density at radius 3 is 2.62 bits per heavy atom. The zero-order valence-corrected chi connectivity index (χ0v) is 12.6. The van der Waals surface area contributed by atoms with Crippen LogP contribution in [-0.2, 0) is 9.53 Å². The lowest BCUT2D eigenvalue weighted by atomic mass is 10.0. The summed E-state index contributed by atoms with van der Waals surface area (Å²) >= 11 is 0. The van der Waals surface area contributed by atoms with Crippen LogP contribution in [0.1, 0.15) is 23.6 Å². The maximum Gasteiger partial charge on any atom is 0.414 e. The molecule has 2 amide bonds. The van der Waals surface area contributed by atoms with Gasteiger partial charge in [0.25, 0.3) is 0 Å². The number of aryl methyl sites for hydroxylation is 2. The molecule has 2 rings (SSSR count). The number of carbonyl (C=O) groups excluding carboxylic acids is 2. The monoisotopic (exact) mass is 288 g/mol. The number of cyclic esters (lactones) is 1. The molecule has 0 saturated carbocycles. The summed E-state index contributed by atoms with van der Waals surface area (Å²) in [6.45, 7) is 9.99. The molecule has 1 aromatic carbocycles. The zero-order chi connectivity index (χ0) is 15.6. The zero-order valence-electron chi connectivity index (χ0n) is 12.6. The van der Waals surface area contributed by atoms with E-state index in [1.165, 1.54) is 6.92 Å². The van der Waals surface area contributed by atoms with Gasteiger partial charge in [0.1, 0.15) is 6.10 Å². The molecule has 1 fully saturated rings. The van der Waals surface area contributed by atoms with E-state index in [0.717, 1.165) is 22.4 Å². The smallest absolute Gasteiger partial charge is 0.414 e. The van der Waals surface area contributed by atoms with Crippen LogP contribution in [0.2, 0.25) is 0 Å². The molecule has 1 aromatic rings. The molecule has 1 aliphatic heterocycles. The van der Waals surface area contributed by atoms with Gasteiger partial charge in [0, 0.05) is 12.6 Å². The second-order valence-electron chi connectivity index (χ2n) is 5.25. The highest BCUT2D eigenvalue weighted by atomic mass is 16.6. The molecule has 1 heterocycles. The van der Waals surface area contributed by atoms with E-state index in [1.807, 2.05) is 32.1 Å². The molecule has 0 radical (unpaired) electrons. The molecule has 112 valence electrons. The average Bonchev–Trinajstić information content (AvgIpc) is 2.77. The fourth-order valence-electron chi connectivity index (χ4n) is 2.53. The number of rotatable bonds is 4. The third-order valence-corrected chi connectivity index (χ3v) is 3.55. The highest BCUT2D eigenvalue weighted by Gasteiger charge is 2.32. The topological polar surface area (TPSA) is 58.6 Å². The molecule has 21 heavy (non-hydrogen) atoms. The van der Waals surface area contributed by atoms with E-state index in [1.54, 1.807) is 4.90 Å². The second kappa shape index (κ2) is 5.99. The summed E-state index contributed by atoms with van der Waals surface area (Å²) in [4.78, 5) is 24.5. The van der Waals surface area contributed by atoms with Crippen LogP contribution in [0.15, 0.2) is 18.7 Å². The molecule has 1 N–H and O–H groups in total. The van der Waals surface area contributed by atoms with Crippen molar-refractivity contribution >= 4 is 23.8 Å². The number of hydrogen-bond donors (Lipinski definition) is 1. The van der Waals surface area contributed by atoms with E-state index >= 15 is 0 Å². The van der Waals surface area contributed by atoms with Gasteiger partial charge in [-0.25, -0.2) is 4.79 Å². The van der Waals surface area contributed by atoms with Crippen molar-refractivity contribution in [3.63, 3.8) is 0 Å². The van der Waals surface area contributed by atoms with E-state index in [-0.39, 0.29) is 18.1 Å². The fraction of sp³-hybridized carbons (Fsp3) is 0.375. The van der Waals surface area contributed by atoms with Crippen LogP contribution >= 0.6 is 0 Å². The van der Waals surface area contributed by atoms with E-state index < -0.39 is 0 Å². The molecule has 1 atom stereocenters. The first-order valence-electron chi connectivity index (χ1n) is 6.88. The number of carbonyl (C=O) groups is 2. The highest BCUT2D eigenvalue weighted by Crippen LogP contribution is 2.27. The SMILES string of the molecule is C=Cc1c(C)cc(N2C[C@H](CNC(C)=O)OC2=O)cc1C. The predicted molar refractivity (Wildman–Crippen MR) is 82.3 cm³/mol. The lowest BCUT2D eigenvalue weighted by Gasteiger charge is -2.16. The lowest BCUT2D eigenvalue weighted by Crippen LogP contribution is -2.33. The average molecular weight is 288 g/mol. The Kier molecular flexibility index (Phi) is 4.31. The minimum Gasteiger partial charge on any atom is -0.442 e. The van der Waals surface area contributed by atoms with E-state index in [9.17, 15) is 9.59 Å². The Balaban J connectivity index is 2.17. The molecule has 0 bridgehead atoms. The van der Waals surface area contributed by atoms with Gasteiger partial charge in [-0.2, -0.15) is 0 Å². The van der Waals surface area contributed by atoms with Crippen LogP contribution < -0.4 is 10.2 Å². The third kappa shape index (κ3) is 3.24. The van der Waals surface area contributed by atoms with Gasteiger partial charge in [-0.3, -0.25) is 9.69 Å². The van der Waals surface area contributed by atoms with Gasteiger partial charge in [-0.15, -0.1) is 0 Å². The van der Waals surface area contributed by atoms with Gasteiger partial charge < -0.3 is 10.1 Å². The Hall–Kier alpha value is -2.30. The molecule has 1 saturated heterocycles. The number of amides is 2. The number of ether oxygens (including phenoxy) is 1. The molecule has 0 aromatic heterocycles. The van der Waals surface area contributed by atoms with Crippen LogP contribution in [0.3, 0.4) is 0 Å². The second-order valence-corrected chi connectivity index (χ2v) is 5.25. The largest absolute Gasteiger partial charge is 0.442 e. The number of benzene rings is 1. The lowest BCUT2D eigenvalue weighted by molar-refractivity contribution is -0.119. The minimum atomic E-state index is -0.379. The normalized spacial score (nSPS) is 17.6. The minimum absolute atomic E-state index is 0.133.